The fourth-order valence-corrected chi connectivity index (χ4v) is 2.57. The fraction of sp³-hybridized carbons (Fsp3) is 0.100. The van der Waals surface area contributed by atoms with Gasteiger partial charge in [0.2, 0.25) is 12.7 Å². The van der Waals surface area contributed by atoms with Gasteiger partial charge in [0.25, 0.3) is 0 Å². The van der Waals surface area contributed by atoms with Crippen LogP contribution < -0.4 is 24.8 Å². The number of carbonyl (C=O) groups excluding carboxylic acids is 1. The van der Waals surface area contributed by atoms with E-state index < -0.39 is 0 Å². The predicted molar refractivity (Wildman–Crippen MR) is 99.2 cm³/mol. The number of ether oxygens (including phenoxy) is 3. The van der Waals surface area contributed by atoms with Gasteiger partial charge in [-0.05, 0) is 42.0 Å². The van der Waals surface area contributed by atoms with Crippen molar-refractivity contribution in [2.45, 2.75) is 6.54 Å². The molecule has 1 aliphatic heterocycles. The van der Waals surface area contributed by atoms with Crippen molar-refractivity contribution in [2.24, 2.45) is 0 Å². The maximum Gasteiger partial charge on any atom is 0.319 e. The largest absolute Gasteiger partial charge is 0.454 e. The Kier molecular flexibility index (Phi) is 4.74. The van der Waals surface area contributed by atoms with E-state index in [1.54, 1.807) is 18.3 Å². The molecule has 0 bridgehead atoms. The summed E-state index contributed by atoms with van der Waals surface area (Å²) < 4.78 is 16.4. The number of benzene rings is 2. The van der Waals surface area contributed by atoms with E-state index in [1.807, 2.05) is 48.5 Å². The molecule has 4 rings (SSSR count). The molecule has 1 aliphatic rings. The minimum Gasteiger partial charge on any atom is -0.454 e. The number of pyridine rings is 1. The number of amides is 2. The van der Waals surface area contributed by atoms with Gasteiger partial charge in [-0.1, -0.05) is 24.3 Å². The lowest BCUT2D eigenvalue weighted by atomic mass is 10.2. The number of aromatic nitrogens is 1. The summed E-state index contributed by atoms with van der Waals surface area (Å²) in [5, 5.41) is 5.56. The van der Waals surface area contributed by atoms with Gasteiger partial charge < -0.3 is 24.8 Å². The van der Waals surface area contributed by atoms with Gasteiger partial charge in [0, 0.05) is 12.7 Å². The number of fused-ring (bicyclic) bond motifs is 1. The van der Waals surface area contributed by atoms with Crippen LogP contribution >= 0.6 is 0 Å². The fourth-order valence-electron chi connectivity index (χ4n) is 2.57. The summed E-state index contributed by atoms with van der Waals surface area (Å²) in [6.45, 7) is 0.565. The number of para-hydroxylation sites is 1. The molecule has 2 amide bonds. The number of rotatable bonds is 5. The molecule has 2 aromatic carbocycles. The second kappa shape index (κ2) is 7.65. The van der Waals surface area contributed by atoms with Crippen molar-refractivity contribution in [3.8, 4) is 23.1 Å². The van der Waals surface area contributed by atoms with Crippen LogP contribution in [0.3, 0.4) is 0 Å². The molecule has 0 spiro atoms. The molecule has 7 heteroatoms. The highest BCUT2D eigenvalue weighted by molar-refractivity contribution is 5.90. The number of nitrogens with one attached hydrogen (secondary N) is 2. The lowest BCUT2D eigenvalue weighted by molar-refractivity contribution is 0.174. The molecule has 7 nitrogen and oxygen atoms in total. The van der Waals surface area contributed by atoms with Crippen molar-refractivity contribution in [2.75, 3.05) is 12.1 Å². The molecular formula is C20H17N3O4. The minimum absolute atomic E-state index is 0.220. The van der Waals surface area contributed by atoms with E-state index in [1.165, 1.54) is 0 Å². The van der Waals surface area contributed by atoms with Crippen LogP contribution in [0, 0.1) is 0 Å². The highest BCUT2D eigenvalue weighted by atomic mass is 16.7. The Morgan fingerprint density at radius 1 is 1.04 bits per heavy atom. The van der Waals surface area contributed by atoms with Crippen molar-refractivity contribution in [1.29, 1.82) is 0 Å². The number of urea groups is 1. The van der Waals surface area contributed by atoms with Crippen LogP contribution in [0.5, 0.6) is 23.1 Å². The molecule has 27 heavy (non-hydrogen) atoms. The molecule has 2 heterocycles. The molecule has 0 saturated carbocycles. The van der Waals surface area contributed by atoms with Gasteiger partial charge in [0.05, 0.1) is 0 Å². The van der Waals surface area contributed by atoms with E-state index >= 15 is 0 Å². The van der Waals surface area contributed by atoms with Crippen LogP contribution in [0.2, 0.25) is 0 Å². The Bertz CT molecular complexity index is 947. The van der Waals surface area contributed by atoms with Crippen LogP contribution in [0.15, 0.2) is 66.9 Å². The van der Waals surface area contributed by atoms with E-state index in [9.17, 15) is 4.79 Å². The van der Waals surface area contributed by atoms with Crippen LogP contribution in [0.25, 0.3) is 0 Å². The number of anilines is 1. The zero-order chi connectivity index (χ0) is 18.5. The Balaban J connectivity index is 1.38. The van der Waals surface area contributed by atoms with E-state index in [4.69, 9.17) is 14.2 Å². The topological polar surface area (TPSA) is 81.7 Å². The summed E-state index contributed by atoms with van der Waals surface area (Å²) in [6.07, 6.45) is 1.61. The molecule has 1 aromatic heterocycles. The standard InChI is InChI=1S/C20H17N3O4/c24-20(22-12-14-8-9-17-18(11-14)26-13-25-17)23-16-7-4-10-21-19(16)27-15-5-2-1-3-6-15/h1-11H,12-13H2,(H2,22,23,24). The van der Waals surface area contributed by atoms with Crippen LogP contribution in [0.1, 0.15) is 5.56 Å². The molecule has 0 fully saturated rings. The van der Waals surface area contributed by atoms with Gasteiger partial charge in [-0.25, -0.2) is 9.78 Å². The molecule has 0 unspecified atom stereocenters. The SMILES string of the molecule is O=C(NCc1ccc2c(c1)OCO2)Nc1cccnc1Oc1ccccc1. The smallest absolute Gasteiger partial charge is 0.319 e. The van der Waals surface area contributed by atoms with E-state index in [0.717, 1.165) is 5.56 Å². The zero-order valence-corrected chi connectivity index (χ0v) is 14.3. The molecule has 3 aromatic rings. The van der Waals surface area contributed by atoms with E-state index in [-0.39, 0.29) is 12.8 Å². The summed E-state index contributed by atoms with van der Waals surface area (Å²) in [7, 11) is 0. The zero-order valence-electron chi connectivity index (χ0n) is 14.3. The van der Waals surface area contributed by atoms with Gasteiger partial charge in [0.15, 0.2) is 11.5 Å². The molecule has 2 N–H and O–H groups in total. The second-order valence-electron chi connectivity index (χ2n) is 5.77. The summed E-state index contributed by atoms with van der Waals surface area (Å²) in [5.41, 5.74) is 1.38. The summed E-state index contributed by atoms with van der Waals surface area (Å²) in [4.78, 5) is 16.5. The van der Waals surface area contributed by atoms with Crippen molar-refractivity contribution >= 4 is 11.7 Å². The Morgan fingerprint density at radius 2 is 1.89 bits per heavy atom. The first kappa shape index (κ1) is 16.7. The monoisotopic (exact) mass is 363 g/mol. The second-order valence-corrected chi connectivity index (χ2v) is 5.77. The maximum atomic E-state index is 12.3. The van der Waals surface area contributed by atoms with Gasteiger partial charge in [0.1, 0.15) is 11.4 Å². The lowest BCUT2D eigenvalue weighted by Crippen LogP contribution is -2.28. The third-order valence-corrected chi connectivity index (χ3v) is 3.87. The first-order valence-electron chi connectivity index (χ1n) is 8.39. The lowest BCUT2D eigenvalue weighted by Gasteiger charge is -2.12. The molecule has 0 saturated heterocycles. The Labute approximate surface area is 155 Å². The third-order valence-electron chi connectivity index (χ3n) is 3.87. The van der Waals surface area contributed by atoms with Gasteiger partial charge in [-0.15, -0.1) is 0 Å². The van der Waals surface area contributed by atoms with Crippen LogP contribution in [0.4, 0.5) is 10.5 Å². The first-order valence-corrected chi connectivity index (χ1v) is 8.39. The Morgan fingerprint density at radius 3 is 2.78 bits per heavy atom. The van der Waals surface area contributed by atoms with Crippen LogP contribution in [-0.2, 0) is 6.54 Å². The molecule has 0 radical (unpaired) electrons. The summed E-state index contributed by atoms with van der Waals surface area (Å²) >= 11 is 0. The predicted octanol–water partition coefficient (Wildman–Crippen LogP) is 3.92. The number of carbonyl (C=O) groups is 1. The summed E-state index contributed by atoms with van der Waals surface area (Å²) in [5.74, 6) is 2.35. The maximum absolute atomic E-state index is 12.3. The van der Waals surface area contributed by atoms with Crippen molar-refractivity contribution in [3.63, 3.8) is 0 Å². The molecule has 0 aliphatic carbocycles. The van der Waals surface area contributed by atoms with Crippen molar-refractivity contribution in [3.05, 3.63) is 72.4 Å². The molecule has 0 atom stereocenters. The van der Waals surface area contributed by atoms with Crippen molar-refractivity contribution in [1.82, 2.24) is 10.3 Å². The summed E-state index contributed by atoms with van der Waals surface area (Å²) in [6, 6.07) is 17.9. The molecule has 136 valence electrons. The van der Waals surface area contributed by atoms with E-state index in [0.29, 0.717) is 35.4 Å². The van der Waals surface area contributed by atoms with Gasteiger partial charge >= 0.3 is 6.03 Å². The quantitative estimate of drug-likeness (QED) is 0.718. The number of nitrogens with zero attached hydrogens (tertiary/aromatic N) is 1. The van der Waals surface area contributed by atoms with Gasteiger partial charge in [-0.2, -0.15) is 0 Å². The highest BCUT2D eigenvalue weighted by Crippen LogP contribution is 2.32. The highest BCUT2D eigenvalue weighted by Gasteiger charge is 2.14. The van der Waals surface area contributed by atoms with Crippen LogP contribution in [-0.4, -0.2) is 17.8 Å². The number of hydrogen-bond acceptors (Lipinski definition) is 5. The average molecular weight is 363 g/mol. The van der Waals surface area contributed by atoms with E-state index in [2.05, 4.69) is 15.6 Å². The first-order chi connectivity index (χ1) is 13.3. The molecular weight excluding hydrogens is 346 g/mol. The van der Waals surface area contributed by atoms with Gasteiger partial charge in [-0.3, -0.25) is 0 Å². The minimum atomic E-state index is -0.362. The van der Waals surface area contributed by atoms with Crippen molar-refractivity contribution < 1.29 is 19.0 Å². The third kappa shape index (κ3) is 4.09. The Hall–Kier alpha value is -3.74. The normalized spacial score (nSPS) is 11.7. The average Bonchev–Trinajstić information content (AvgIpc) is 3.17. The number of hydrogen-bond donors (Lipinski definition) is 2.